The van der Waals surface area contributed by atoms with Crippen LogP contribution < -0.4 is 0 Å². The van der Waals surface area contributed by atoms with Gasteiger partial charge in [0.1, 0.15) is 5.82 Å². The van der Waals surface area contributed by atoms with Crippen LogP contribution in [0.25, 0.3) is 29.2 Å². The van der Waals surface area contributed by atoms with Crippen molar-refractivity contribution in [3.63, 3.8) is 0 Å². The minimum atomic E-state index is 0.660. The molecule has 0 aliphatic carbocycles. The number of nitrogens with zero attached hydrogens (tertiary/aromatic N) is 6. The van der Waals surface area contributed by atoms with Crippen LogP contribution in [0.2, 0.25) is 0 Å². The van der Waals surface area contributed by atoms with Gasteiger partial charge >= 0.3 is 0 Å². The fraction of sp³-hybridized carbons (Fsp3) is 0.273. The first-order chi connectivity index (χ1) is 13.6. The summed E-state index contributed by atoms with van der Waals surface area (Å²) < 4.78 is 4.01. The lowest BCUT2D eigenvalue weighted by atomic mass is 10.1. The molecular weight excluding hydrogens is 348 g/mol. The molecule has 142 valence electrons. The highest BCUT2D eigenvalue weighted by molar-refractivity contribution is 5.70. The molecule has 1 aromatic carbocycles. The molecule has 0 saturated heterocycles. The first kappa shape index (κ1) is 18.1. The number of rotatable bonds is 2. The molecule has 4 heterocycles. The Bertz CT molecular complexity index is 1130. The molecule has 0 radical (unpaired) electrons. The first-order valence-corrected chi connectivity index (χ1v) is 9.63. The zero-order valence-corrected chi connectivity index (χ0v) is 16.7. The van der Waals surface area contributed by atoms with Crippen LogP contribution in [0, 0.1) is 13.8 Å². The zero-order chi connectivity index (χ0) is 19.7. The van der Waals surface area contributed by atoms with E-state index in [4.69, 9.17) is 4.98 Å². The molecule has 0 amide bonds. The monoisotopic (exact) mass is 372 g/mol. The molecule has 0 saturated carbocycles. The molecule has 3 aromatic heterocycles. The Balaban J connectivity index is 0.000000604. The maximum atomic E-state index is 4.74. The van der Waals surface area contributed by atoms with Gasteiger partial charge in [0.15, 0.2) is 11.5 Å². The third-order valence-electron chi connectivity index (χ3n) is 4.52. The van der Waals surface area contributed by atoms with Gasteiger partial charge in [-0.05, 0) is 31.6 Å². The molecule has 0 spiro atoms. The third-order valence-corrected chi connectivity index (χ3v) is 4.52. The number of hydrogen-bond acceptors (Lipinski definition) is 4. The van der Waals surface area contributed by atoms with E-state index in [-0.39, 0.29) is 0 Å². The van der Waals surface area contributed by atoms with Crippen molar-refractivity contribution in [2.75, 3.05) is 0 Å². The second kappa shape index (κ2) is 7.38. The predicted octanol–water partition coefficient (Wildman–Crippen LogP) is 4.55. The molecule has 1 aliphatic rings. The minimum absolute atomic E-state index is 0.660. The van der Waals surface area contributed by atoms with Gasteiger partial charge in [0.05, 0.1) is 17.1 Å². The summed E-state index contributed by atoms with van der Waals surface area (Å²) in [4.78, 5) is 13.6. The quantitative estimate of drug-likeness (QED) is 0.456. The van der Waals surface area contributed by atoms with E-state index in [1.807, 2.05) is 36.7 Å². The van der Waals surface area contributed by atoms with Gasteiger partial charge in [-0.2, -0.15) is 0 Å². The molecule has 6 nitrogen and oxygen atoms in total. The average molecular weight is 372 g/mol. The molecule has 0 N–H and O–H groups in total. The number of benzene rings is 1. The SMILES string of the molecule is CCC.Cc1ncc(C)n2nc(/C=C/c3cn4c(n3)-c3ccccc3C4)nc12. The van der Waals surface area contributed by atoms with Crippen LogP contribution in [-0.4, -0.2) is 29.1 Å². The van der Waals surface area contributed by atoms with Gasteiger partial charge in [0.2, 0.25) is 0 Å². The average Bonchev–Trinajstić information content (AvgIpc) is 3.36. The molecule has 1 aliphatic heterocycles. The first-order valence-electron chi connectivity index (χ1n) is 9.63. The predicted molar refractivity (Wildman–Crippen MR) is 112 cm³/mol. The Labute approximate surface area is 164 Å². The summed E-state index contributed by atoms with van der Waals surface area (Å²) in [5, 5.41) is 4.53. The molecule has 5 rings (SSSR count). The van der Waals surface area contributed by atoms with Gasteiger partial charge in [0, 0.05) is 24.5 Å². The Morgan fingerprint density at radius 3 is 2.64 bits per heavy atom. The zero-order valence-electron chi connectivity index (χ0n) is 16.7. The van der Waals surface area contributed by atoms with E-state index in [1.165, 1.54) is 17.5 Å². The minimum Gasteiger partial charge on any atom is -0.326 e. The van der Waals surface area contributed by atoms with Crippen LogP contribution in [0.1, 0.15) is 48.7 Å². The van der Waals surface area contributed by atoms with Gasteiger partial charge < -0.3 is 4.57 Å². The van der Waals surface area contributed by atoms with E-state index < -0.39 is 0 Å². The summed E-state index contributed by atoms with van der Waals surface area (Å²) in [6, 6.07) is 8.40. The van der Waals surface area contributed by atoms with E-state index in [0.29, 0.717) is 5.82 Å². The summed E-state index contributed by atoms with van der Waals surface area (Å²) in [5.74, 6) is 1.68. The lowest BCUT2D eigenvalue weighted by Gasteiger charge is -1.97. The summed E-state index contributed by atoms with van der Waals surface area (Å²) in [6.07, 6.45) is 8.98. The summed E-state index contributed by atoms with van der Waals surface area (Å²) in [5.41, 5.74) is 6.07. The van der Waals surface area contributed by atoms with Gasteiger partial charge in [-0.3, -0.25) is 4.98 Å². The Hall–Kier alpha value is -3.28. The lowest BCUT2D eigenvalue weighted by Crippen LogP contribution is -1.97. The fourth-order valence-electron chi connectivity index (χ4n) is 3.25. The second-order valence-electron chi connectivity index (χ2n) is 7.01. The molecule has 28 heavy (non-hydrogen) atoms. The second-order valence-corrected chi connectivity index (χ2v) is 7.01. The summed E-state index contributed by atoms with van der Waals surface area (Å²) in [6.45, 7) is 9.04. The standard InChI is InChI=1S/C19H16N6.C3H8/c1-12-9-20-13(2)18-22-17(23-25(12)18)8-7-15-11-24-10-14-5-3-4-6-16(14)19(24)21-15;1-3-2/h3-9,11H,10H2,1-2H3;3H2,1-2H3/b8-7+;. The summed E-state index contributed by atoms with van der Waals surface area (Å²) >= 11 is 0. The van der Waals surface area contributed by atoms with Crippen molar-refractivity contribution >= 4 is 17.8 Å². The normalized spacial score (nSPS) is 12.1. The van der Waals surface area contributed by atoms with E-state index in [9.17, 15) is 0 Å². The highest BCUT2D eigenvalue weighted by atomic mass is 15.3. The molecular formula is C22H24N6. The van der Waals surface area contributed by atoms with Crippen molar-refractivity contribution in [1.82, 2.24) is 29.1 Å². The number of aromatic nitrogens is 6. The van der Waals surface area contributed by atoms with Crippen molar-refractivity contribution in [2.24, 2.45) is 0 Å². The van der Waals surface area contributed by atoms with Gasteiger partial charge in [-0.25, -0.2) is 14.5 Å². The largest absolute Gasteiger partial charge is 0.326 e. The molecule has 6 heteroatoms. The van der Waals surface area contributed by atoms with Crippen LogP contribution in [0.5, 0.6) is 0 Å². The highest BCUT2D eigenvalue weighted by Gasteiger charge is 2.19. The van der Waals surface area contributed by atoms with Crippen molar-refractivity contribution < 1.29 is 0 Å². The number of aryl methyl sites for hydroxylation is 2. The molecule has 0 fully saturated rings. The lowest BCUT2D eigenvalue weighted by molar-refractivity contribution is 0.847. The Morgan fingerprint density at radius 2 is 1.86 bits per heavy atom. The topological polar surface area (TPSA) is 60.9 Å². The Kier molecular flexibility index (Phi) is 4.77. The third kappa shape index (κ3) is 3.22. The molecule has 0 atom stereocenters. The van der Waals surface area contributed by atoms with Crippen molar-refractivity contribution in [2.45, 2.75) is 40.7 Å². The number of imidazole rings is 1. The van der Waals surface area contributed by atoms with Gasteiger partial charge in [-0.1, -0.05) is 44.5 Å². The smallest absolute Gasteiger partial charge is 0.177 e. The highest BCUT2D eigenvalue weighted by Crippen LogP contribution is 2.31. The van der Waals surface area contributed by atoms with Gasteiger partial charge in [0.25, 0.3) is 0 Å². The summed E-state index contributed by atoms with van der Waals surface area (Å²) in [7, 11) is 0. The van der Waals surface area contributed by atoms with E-state index in [0.717, 1.165) is 35.1 Å². The Morgan fingerprint density at radius 1 is 1.07 bits per heavy atom. The van der Waals surface area contributed by atoms with E-state index in [1.54, 1.807) is 0 Å². The van der Waals surface area contributed by atoms with E-state index in [2.05, 4.69) is 63.9 Å². The van der Waals surface area contributed by atoms with Crippen LogP contribution >= 0.6 is 0 Å². The molecule has 4 aromatic rings. The van der Waals surface area contributed by atoms with Crippen LogP contribution in [0.3, 0.4) is 0 Å². The van der Waals surface area contributed by atoms with Crippen LogP contribution in [-0.2, 0) is 6.54 Å². The number of fused-ring (bicyclic) bond motifs is 4. The fourth-order valence-corrected chi connectivity index (χ4v) is 3.25. The maximum Gasteiger partial charge on any atom is 0.177 e. The molecule has 0 unspecified atom stereocenters. The van der Waals surface area contributed by atoms with Crippen molar-refractivity contribution in [3.8, 4) is 11.4 Å². The maximum absolute atomic E-state index is 4.74. The van der Waals surface area contributed by atoms with E-state index >= 15 is 0 Å². The van der Waals surface area contributed by atoms with Gasteiger partial charge in [-0.15, -0.1) is 5.10 Å². The molecule has 0 bridgehead atoms. The van der Waals surface area contributed by atoms with Crippen molar-refractivity contribution in [1.29, 1.82) is 0 Å². The number of hydrogen-bond donors (Lipinski definition) is 0. The van der Waals surface area contributed by atoms with Crippen molar-refractivity contribution in [3.05, 3.63) is 65.1 Å². The van der Waals surface area contributed by atoms with Crippen LogP contribution in [0.15, 0.2) is 36.7 Å². The van der Waals surface area contributed by atoms with Crippen LogP contribution in [0.4, 0.5) is 0 Å².